The fraction of sp³-hybridized carbons (Fsp3) is 0.684. The summed E-state index contributed by atoms with van der Waals surface area (Å²) in [6, 6.07) is 3.95. The van der Waals surface area contributed by atoms with Crippen molar-refractivity contribution in [1.82, 2.24) is 9.88 Å². The molecule has 1 amide bonds. The van der Waals surface area contributed by atoms with E-state index in [1.54, 1.807) is 12.4 Å². The molecule has 24 heavy (non-hydrogen) atoms. The Morgan fingerprint density at radius 3 is 2.71 bits per heavy atom. The zero-order valence-corrected chi connectivity index (χ0v) is 14.7. The maximum absolute atomic E-state index is 13.2. The molecule has 2 aliphatic heterocycles. The highest BCUT2D eigenvalue weighted by atomic mass is 16.5. The molecular weight excluding hydrogens is 304 g/mol. The summed E-state index contributed by atoms with van der Waals surface area (Å²) in [6.45, 7) is 7.03. The van der Waals surface area contributed by atoms with E-state index in [2.05, 4.69) is 18.8 Å². The molecule has 0 aliphatic carbocycles. The summed E-state index contributed by atoms with van der Waals surface area (Å²) in [6.07, 6.45) is 6.69. The number of carbonyl (C=O) groups excluding carboxylic acids is 1. The minimum absolute atomic E-state index is 0.0296. The fourth-order valence-electron chi connectivity index (χ4n) is 3.74. The van der Waals surface area contributed by atoms with Gasteiger partial charge < -0.3 is 14.4 Å². The molecule has 0 bridgehead atoms. The Labute approximate surface area is 144 Å². The third kappa shape index (κ3) is 4.14. The van der Waals surface area contributed by atoms with Gasteiger partial charge in [0, 0.05) is 38.7 Å². The van der Waals surface area contributed by atoms with Gasteiger partial charge in [0.15, 0.2) is 0 Å². The molecule has 3 unspecified atom stereocenters. The molecule has 5 nitrogen and oxygen atoms in total. The van der Waals surface area contributed by atoms with Gasteiger partial charge in [-0.3, -0.25) is 9.78 Å². The minimum atomic E-state index is -0.0340. The first-order valence-corrected chi connectivity index (χ1v) is 9.06. The van der Waals surface area contributed by atoms with Crippen LogP contribution in [0.4, 0.5) is 0 Å². The first kappa shape index (κ1) is 17.4. The number of pyridine rings is 1. The second kappa shape index (κ2) is 8.08. The van der Waals surface area contributed by atoms with E-state index in [1.165, 1.54) is 0 Å². The van der Waals surface area contributed by atoms with E-state index in [4.69, 9.17) is 9.47 Å². The van der Waals surface area contributed by atoms with E-state index in [-0.39, 0.29) is 24.0 Å². The van der Waals surface area contributed by atoms with E-state index >= 15 is 0 Å². The van der Waals surface area contributed by atoms with E-state index in [0.29, 0.717) is 25.6 Å². The molecule has 0 saturated carbocycles. The molecule has 2 aliphatic rings. The molecule has 132 valence electrons. The molecule has 0 spiro atoms. The summed E-state index contributed by atoms with van der Waals surface area (Å²) >= 11 is 0. The Hall–Kier alpha value is -1.46. The quantitative estimate of drug-likeness (QED) is 0.804. The highest BCUT2D eigenvalue weighted by molar-refractivity contribution is 5.79. The van der Waals surface area contributed by atoms with E-state index in [1.807, 2.05) is 17.0 Å². The Morgan fingerprint density at radius 1 is 1.25 bits per heavy atom. The Bertz CT molecular complexity index is 529. The lowest BCUT2D eigenvalue weighted by Crippen LogP contribution is -2.43. The van der Waals surface area contributed by atoms with E-state index in [9.17, 15) is 4.79 Å². The lowest BCUT2D eigenvalue weighted by molar-refractivity contribution is -0.140. The Balaban J connectivity index is 1.73. The standard InChI is InChI=1S/C19H28N2O3/c1-14(2)18-17(7-11-24-18)19(22)21(13-16-4-3-10-23-16)12-15-5-8-20-9-6-15/h5-6,8-9,14,16-18H,3-4,7,10-13H2,1-2H3. The highest BCUT2D eigenvalue weighted by Crippen LogP contribution is 2.29. The largest absolute Gasteiger partial charge is 0.377 e. The third-order valence-electron chi connectivity index (χ3n) is 4.99. The second-order valence-corrected chi connectivity index (χ2v) is 7.18. The SMILES string of the molecule is CC(C)C1OCCC1C(=O)N(Cc1ccncc1)CC1CCCO1. The van der Waals surface area contributed by atoms with Crippen LogP contribution in [0.15, 0.2) is 24.5 Å². The molecule has 3 atom stereocenters. The van der Waals surface area contributed by atoms with Crippen LogP contribution in [0.3, 0.4) is 0 Å². The molecule has 3 heterocycles. The monoisotopic (exact) mass is 332 g/mol. The van der Waals surface area contributed by atoms with Gasteiger partial charge in [-0.2, -0.15) is 0 Å². The molecule has 1 aromatic heterocycles. The predicted molar refractivity (Wildman–Crippen MR) is 91.3 cm³/mol. The van der Waals surface area contributed by atoms with Crippen LogP contribution >= 0.6 is 0 Å². The van der Waals surface area contributed by atoms with Gasteiger partial charge in [0.05, 0.1) is 18.1 Å². The molecule has 1 aromatic rings. The molecule has 0 aromatic carbocycles. The summed E-state index contributed by atoms with van der Waals surface area (Å²) in [4.78, 5) is 19.3. The van der Waals surface area contributed by atoms with Crippen molar-refractivity contribution in [3.63, 3.8) is 0 Å². The summed E-state index contributed by atoms with van der Waals surface area (Å²) in [7, 11) is 0. The number of carbonyl (C=O) groups is 1. The number of amides is 1. The normalized spacial score (nSPS) is 26.9. The van der Waals surface area contributed by atoms with Crippen molar-refractivity contribution in [3.05, 3.63) is 30.1 Å². The summed E-state index contributed by atoms with van der Waals surface area (Å²) < 4.78 is 11.6. The van der Waals surface area contributed by atoms with Crippen molar-refractivity contribution < 1.29 is 14.3 Å². The van der Waals surface area contributed by atoms with Crippen LogP contribution in [0.25, 0.3) is 0 Å². The van der Waals surface area contributed by atoms with Crippen molar-refractivity contribution in [2.45, 2.75) is 51.9 Å². The van der Waals surface area contributed by atoms with E-state index in [0.717, 1.165) is 31.4 Å². The van der Waals surface area contributed by atoms with Crippen molar-refractivity contribution in [1.29, 1.82) is 0 Å². The van der Waals surface area contributed by atoms with Crippen molar-refractivity contribution in [2.24, 2.45) is 11.8 Å². The minimum Gasteiger partial charge on any atom is -0.377 e. The molecule has 2 saturated heterocycles. The topological polar surface area (TPSA) is 51.7 Å². The lowest BCUT2D eigenvalue weighted by Gasteiger charge is -2.30. The zero-order chi connectivity index (χ0) is 16.9. The molecule has 2 fully saturated rings. The average Bonchev–Trinajstić information content (AvgIpc) is 3.26. The van der Waals surface area contributed by atoms with Crippen LogP contribution in [0.2, 0.25) is 0 Å². The maximum Gasteiger partial charge on any atom is 0.228 e. The van der Waals surface area contributed by atoms with Crippen molar-refractivity contribution in [3.8, 4) is 0 Å². The number of hydrogen-bond donors (Lipinski definition) is 0. The van der Waals surface area contributed by atoms with Crippen molar-refractivity contribution in [2.75, 3.05) is 19.8 Å². The molecule has 3 rings (SSSR count). The van der Waals surface area contributed by atoms with Gasteiger partial charge in [-0.05, 0) is 42.9 Å². The van der Waals surface area contributed by atoms with Gasteiger partial charge in [0.2, 0.25) is 5.91 Å². The predicted octanol–water partition coefficient (Wildman–Crippen LogP) is 2.65. The smallest absolute Gasteiger partial charge is 0.228 e. The summed E-state index contributed by atoms with van der Waals surface area (Å²) in [5.74, 6) is 0.527. The van der Waals surface area contributed by atoms with Gasteiger partial charge in [-0.1, -0.05) is 13.8 Å². The molecule has 0 N–H and O–H groups in total. The molecule has 5 heteroatoms. The fourth-order valence-corrected chi connectivity index (χ4v) is 3.74. The maximum atomic E-state index is 13.2. The number of hydrogen-bond acceptors (Lipinski definition) is 4. The third-order valence-corrected chi connectivity index (χ3v) is 4.99. The van der Waals surface area contributed by atoms with Gasteiger partial charge in [-0.15, -0.1) is 0 Å². The second-order valence-electron chi connectivity index (χ2n) is 7.18. The average molecular weight is 332 g/mol. The summed E-state index contributed by atoms with van der Waals surface area (Å²) in [5, 5.41) is 0. The highest BCUT2D eigenvalue weighted by Gasteiger charge is 2.38. The Morgan fingerprint density at radius 2 is 2.04 bits per heavy atom. The van der Waals surface area contributed by atoms with Crippen LogP contribution in [0.1, 0.15) is 38.7 Å². The van der Waals surface area contributed by atoms with Crippen molar-refractivity contribution >= 4 is 5.91 Å². The summed E-state index contributed by atoms with van der Waals surface area (Å²) in [5.41, 5.74) is 1.11. The van der Waals surface area contributed by atoms with Crippen LogP contribution < -0.4 is 0 Å². The van der Waals surface area contributed by atoms with Crippen LogP contribution in [0.5, 0.6) is 0 Å². The number of ether oxygens (including phenoxy) is 2. The first-order chi connectivity index (χ1) is 11.6. The van der Waals surface area contributed by atoms with Crippen LogP contribution in [-0.4, -0.2) is 47.8 Å². The van der Waals surface area contributed by atoms with Crippen LogP contribution in [-0.2, 0) is 20.8 Å². The lowest BCUT2D eigenvalue weighted by atomic mass is 9.91. The Kier molecular flexibility index (Phi) is 5.85. The first-order valence-electron chi connectivity index (χ1n) is 9.06. The molecular formula is C19H28N2O3. The van der Waals surface area contributed by atoms with Gasteiger partial charge in [0.1, 0.15) is 0 Å². The number of aromatic nitrogens is 1. The number of nitrogens with zero attached hydrogens (tertiary/aromatic N) is 2. The molecule has 0 radical (unpaired) electrons. The van der Waals surface area contributed by atoms with E-state index < -0.39 is 0 Å². The van der Waals surface area contributed by atoms with Gasteiger partial charge in [-0.25, -0.2) is 0 Å². The zero-order valence-electron chi connectivity index (χ0n) is 14.7. The van der Waals surface area contributed by atoms with Crippen LogP contribution in [0, 0.1) is 11.8 Å². The van der Waals surface area contributed by atoms with Gasteiger partial charge in [0.25, 0.3) is 0 Å². The number of rotatable bonds is 6. The van der Waals surface area contributed by atoms with Gasteiger partial charge >= 0.3 is 0 Å².